The predicted molar refractivity (Wildman–Crippen MR) is 62.2 cm³/mol. The van der Waals surface area contributed by atoms with Crippen molar-refractivity contribution in [3.8, 4) is 0 Å². The Hall–Kier alpha value is -0.0800. The van der Waals surface area contributed by atoms with Gasteiger partial charge in [-0.2, -0.15) is 0 Å². The van der Waals surface area contributed by atoms with Crippen molar-refractivity contribution in [2.24, 2.45) is 29.4 Å². The molecule has 0 amide bonds. The molecule has 3 atom stereocenters. The number of hydrogen-bond acceptors (Lipinski definition) is 2. The molecule has 0 saturated carbocycles. The van der Waals surface area contributed by atoms with E-state index in [1.54, 1.807) is 0 Å². The third-order valence-corrected chi connectivity index (χ3v) is 3.80. The van der Waals surface area contributed by atoms with Crippen LogP contribution in [0.4, 0.5) is 0 Å². The Morgan fingerprint density at radius 3 is 2.07 bits per heavy atom. The van der Waals surface area contributed by atoms with Crippen LogP contribution >= 0.6 is 0 Å². The van der Waals surface area contributed by atoms with Crippen LogP contribution in [0.5, 0.6) is 0 Å². The lowest BCUT2D eigenvalue weighted by molar-refractivity contribution is 0.233. The van der Waals surface area contributed by atoms with Crippen LogP contribution in [0.25, 0.3) is 0 Å². The first-order chi connectivity index (χ1) is 6.54. The molecule has 1 heterocycles. The van der Waals surface area contributed by atoms with Crippen molar-refractivity contribution in [3.05, 3.63) is 0 Å². The van der Waals surface area contributed by atoms with Crippen molar-refractivity contribution in [3.63, 3.8) is 0 Å². The third kappa shape index (κ3) is 2.96. The number of nitrogens with two attached hydrogens (primary N) is 1. The fraction of sp³-hybridized carbons (Fsp3) is 1.00. The number of hydrogen-bond donors (Lipinski definition) is 1. The highest BCUT2D eigenvalue weighted by atomic mass is 15.2. The fourth-order valence-electron chi connectivity index (χ4n) is 2.29. The summed E-state index contributed by atoms with van der Waals surface area (Å²) < 4.78 is 0. The first kappa shape index (κ1) is 12.0. The molecule has 1 aliphatic rings. The maximum absolute atomic E-state index is 5.79. The molecule has 2 nitrogen and oxygen atoms in total. The molecule has 0 radical (unpaired) electrons. The summed E-state index contributed by atoms with van der Waals surface area (Å²) in [6.07, 6.45) is 0. The van der Waals surface area contributed by atoms with Gasteiger partial charge in [-0.15, -0.1) is 0 Å². The number of likely N-dealkylation sites (tertiary alicyclic amines) is 1. The molecule has 0 bridgehead atoms. The summed E-state index contributed by atoms with van der Waals surface area (Å²) in [5.74, 6) is 3.11. The van der Waals surface area contributed by atoms with E-state index in [0.717, 1.165) is 18.4 Å². The average molecular weight is 198 g/mol. The van der Waals surface area contributed by atoms with E-state index >= 15 is 0 Å². The standard InChI is InChI=1S/C12H26N2/c1-9(2)12(5-13)8-14-6-10(3)11(4)7-14/h9-12H,5-8,13H2,1-4H3. The van der Waals surface area contributed by atoms with Crippen LogP contribution in [0, 0.1) is 23.7 Å². The van der Waals surface area contributed by atoms with Crippen LogP contribution in [-0.4, -0.2) is 31.1 Å². The Bertz CT molecular complexity index is 158. The van der Waals surface area contributed by atoms with Gasteiger partial charge in [0.25, 0.3) is 0 Å². The molecule has 2 heteroatoms. The molecule has 1 rings (SSSR count). The third-order valence-electron chi connectivity index (χ3n) is 3.80. The van der Waals surface area contributed by atoms with E-state index in [0.29, 0.717) is 11.8 Å². The first-order valence-corrected chi connectivity index (χ1v) is 5.97. The zero-order chi connectivity index (χ0) is 10.7. The fourth-order valence-corrected chi connectivity index (χ4v) is 2.29. The molecule has 1 saturated heterocycles. The second kappa shape index (κ2) is 5.13. The average Bonchev–Trinajstić information content (AvgIpc) is 2.41. The second-order valence-electron chi connectivity index (χ2n) is 5.41. The van der Waals surface area contributed by atoms with Crippen LogP contribution in [0.15, 0.2) is 0 Å². The minimum absolute atomic E-state index is 0.674. The summed E-state index contributed by atoms with van der Waals surface area (Å²) in [4.78, 5) is 2.59. The van der Waals surface area contributed by atoms with E-state index in [9.17, 15) is 0 Å². The summed E-state index contributed by atoms with van der Waals surface area (Å²) in [5, 5.41) is 0. The molecule has 1 fully saturated rings. The molecule has 3 unspecified atom stereocenters. The highest BCUT2D eigenvalue weighted by Gasteiger charge is 2.27. The second-order valence-corrected chi connectivity index (χ2v) is 5.41. The molecule has 0 aromatic carbocycles. The van der Waals surface area contributed by atoms with Gasteiger partial charge < -0.3 is 10.6 Å². The van der Waals surface area contributed by atoms with Gasteiger partial charge in [0.2, 0.25) is 0 Å². The van der Waals surface area contributed by atoms with E-state index < -0.39 is 0 Å². The molecule has 0 spiro atoms. The predicted octanol–water partition coefficient (Wildman–Crippen LogP) is 1.81. The molecule has 84 valence electrons. The van der Waals surface area contributed by atoms with Crippen LogP contribution in [0.2, 0.25) is 0 Å². The van der Waals surface area contributed by atoms with Crippen molar-refractivity contribution in [1.82, 2.24) is 4.90 Å². The van der Waals surface area contributed by atoms with Gasteiger partial charge in [-0.25, -0.2) is 0 Å². The maximum atomic E-state index is 5.79. The maximum Gasteiger partial charge on any atom is 0.00244 e. The zero-order valence-corrected chi connectivity index (χ0v) is 10.2. The van der Waals surface area contributed by atoms with Crippen molar-refractivity contribution in [2.75, 3.05) is 26.2 Å². The summed E-state index contributed by atoms with van der Waals surface area (Å²) in [5.41, 5.74) is 5.79. The number of nitrogens with zero attached hydrogens (tertiary/aromatic N) is 1. The highest BCUT2D eigenvalue weighted by Crippen LogP contribution is 2.24. The van der Waals surface area contributed by atoms with Crippen molar-refractivity contribution in [1.29, 1.82) is 0 Å². The Labute approximate surface area is 88.8 Å². The van der Waals surface area contributed by atoms with E-state index in [1.165, 1.54) is 19.6 Å². The van der Waals surface area contributed by atoms with E-state index in [2.05, 4.69) is 32.6 Å². The van der Waals surface area contributed by atoms with E-state index in [1.807, 2.05) is 0 Å². The SMILES string of the molecule is CC(C)C(CN)CN1CC(C)C(C)C1. The summed E-state index contributed by atoms with van der Waals surface area (Å²) in [6.45, 7) is 13.8. The summed E-state index contributed by atoms with van der Waals surface area (Å²) in [7, 11) is 0. The van der Waals surface area contributed by atoms with Crippen LogP contribution < -0.4 is 5.73 Å². The van der Waals surface area contributed by atoms with Gasteiger partial charge in [-0.1, -0.05) is 27.7 Å². The normalized spacial score (nSPS) is 31.3. The molecule has 2 N–H and O–H groups in total. The van der Waals surface area contributed by atoms with E-state index in [-0.39, 0.29) is 0 Å². The smallest absolute Gasteiger partial charge is 0.00244 e. The molecule has 0 aromatic heterocycles. The largest absolute Gasteiger partial charge is 0.330 e. The van der Waals surface area contributed by atoms with Gasteiger partial charge in [0, 0.05) is 19.6 Å². The van der Waals surface area contributed by atoms with Gasteiger partial charge in [-0.3, -0.25) is 0 Å². The van der Waals surface area contributed by atoms with Crippen LogP contribution in [0.1, 0.15) is 27.7 Å². The Balaban J connectivity index is 2.37. The van der Waals surface area contributed by atoms with Gasteiger partial charge in [0.15, 0.2) is 0 Å². The topological polar surface area (TPSA) is 29.3 Å². The van der Waals surface area contributed by atoms with Crippen molar-refractivity contribution in [2.45, 2.75) is 27.7 Å². The van der Waals surface area contributed by atoms with Gasteiger partial charge in [0.1, 0.15) is 0 Å². The lowest BCUT2D eigenvalue weighted by Crippen LogP contribution is -2.34. The Morgan fingerprint density at radius 1 is 1.21 bits per heavy atom. The molecule has 0 aliphatic carbocycles. The monoisotopic (exact) mass is 198 g/mol. The minimum atomic E-state index is 0.674. The zero-order valence-electron chi connectivity index (χ0n) is 10.2. The van der Waals surface area contributed by atoms with Gasteiger partial charge in [-0.05, 0) is 30.2 Å². The van der Waals surface area contributed by atoms with Crippen LogP contribution in [-0.2, 0) is 0 Å². The van der Waals surface area contributed by atoms with E-state index in [4.69, 9.17) is 5.73 Å². The molecular formula is C12H26N2. The Morgan fingerprint density at radius 2 is 1.71 bits per heavy atom. The lowest BCUT2D eigenvalue weighted by Gasteiger charge is -2.25. The number of rotatable bonds is 4. The quantitative estimate of drug-likeness (QED) is 0.746. The first-order valence-electron chi connectivity index (χ1n) is 5.97. The van der Waals surface area contributed by atoms with Crippen molar-refractivity contribution < 1.29 is 0 Å². The minimum Gasteiger partial charge on any atom is -0.330 e. The summed E-state index contributed by atoms with van der Waals surface area (Å²) in [6, 6.07) is 0. The molecule has 0 aromatic rings. The summed E-state index contributed by atoms with van der Waals surface area (Å²) >= 11 is 0. The highest BCUT2D eigenvalue weighted by molar-refractivity contribution is 4.81. The lowest BCUT2D eigenvalue weighted by atomic mass is 9.95. The molecule has 14 heavy (non-hydrogen) atoms. The molecular weight excluding hydrogens is 172 g/mol. The van der Waals surface area contributed by atoms with Crippen molar-refractivity contribution >= 4 is 0 Å². The Kier molecular flexibility index (Phi) is 4.39. The van der Waals surface area contributed by atoms with Gasteiger partial charge in [0.05, 0.1) is 0 Å². The van der Waals surface area contributed by atoms with Crippen LogP contribution in [0.3, 0.4) is 0 Å². The molecule has 1 aliphatic heterocycles. The van der Waals surface area contributed by atoms with Gasteiger partial charge >= 0.3 is 0 Å².